The average Bonchev–Trinajstić information content (AvgIpc) is 2.87. The number of aryl methyl sites for hydroxylation is 1. The van der Waals surface area contributed by atoms with Crippen molar-refractivity contribution in [2.75, 3.05) is 13.1 Å². The minimum atomic E-state index is 0.344. The van der Waals surface area contributed by atoms with E-state index >= 15 is 0 Å². The number of benzene rings is 1. The molecule has 1 aliphatic carbocycles. The first-order valence-corrected chi connectivity index (χ1v) is 7.18. The monoisotopic (exact) mass is 245 g/mol. The highest BCUT2D eigenvalue weighted by Gasteiger charge is 2.38. The highest BCUT2D eigenvalue weighted by atomic mass is 16.3. The molecular formula is C16H23NO. The molecule has 1 aromatic carbocycles. The fourth-order valence-corrected chi connectivity index (χ4v) is 3.79. The zero-order chi connectivity index (χ0) is 12.7. The molecule has 0 bridgehead atoms. The molecular weight excluding hydrogens is 222 g/mol. The molecule has 3 atom stereocenters. The molecule has 1 saturated carbocycles. The molecule has 1 aliphatic heterocycles. The van der Waals surface area contributed by atoms with Crippen LogP contribution in [0.2, 0.25) is 0 Å². The van der Waals surface area contributed by atoms with Gasteiger partial charge in [0, 0.05) is 24.7 Å². The molecule has 0 radical (unpaired) electrons. The fourth-order valence-electron chi connectivity index (χ4n) is 3.79. The summed E-state index contributed by atoms with van der Waals surface area (Å²) in [5, 5.41) is 10.1. The molecule has 2 heteroatoms. The lowest BCUT2D eigenvalue weighted by atomic mass is 10.0. The van der Waals surface area contributed by atoms with Gasteiger partial charge in [0.1, 0.15) is 5.75 Å². The van der Waals surface area contributed by atoms with Crippen LogP contribution >= 0.6 is 0 Å². The second kappa shape index (κ2) is 4.58. The van der Waals surface area contributed by atoms with Gasteiger partial charge >= 0.3 is 0 Å². The van der Waals surface area contributed by atoms with E-state index in [1.54, 1.807) is 0 Å². The van der Waals surface area contributed by atoms with Crippen LogP contribution in [0, 0.1) is 18.8 Å². The topological polar surface area (TPSA) is 23.5 Å². The summed E-state index contributed by atoms with van der Waals surface area (Å²) in [5.74, 6) is 2.29. The molecule has 3 unspecified atom stereocenters. The Morgan fingerprint density at radius 1 is 1.22 bits per heavy atom. The quantitative estimate of drug-likeness (QED) is 0.862. The average molecular weight is 245 g/mol. The molecule has 0 spiro atoms. The summed E-state index contributed by atoms with van der Waals surface area (Å²) in [7, 11) is 0. The Bertz CT molecular complexity index is 431. The van der Waals surface area contributed by atoms with Gasteiger partial charge in [-0.1, -0.05) is 18.6 Å². The molecule has 2 aliphatic rings. The van der Waals surface area contributed by atoms with Crippen LogP contribution in [0.4, 0.5) is 0 Å². The van der Waals surface area contributed by atoms with E-state index in [1.807, 2.05) is 13.0 Å². The van der Waals surface area contributed by atoms with Crippen LogP contribution < -0.4 is 0 Å². The van der Waals surface area contributed by atoms with E-state index in [2.05, 4.69) is 24.0 Å². The van der Waals surface area contributed by atoms with Crippen molar-refractivity contribution in [3.05, 3.63) is 29.3 Å². The summed E-state index contributed by atoms with van der Waals surface area (Å²) < 4.78 is 0. The number of phenolic OH excluding ortho intramolecular Hbond substituents is 1. The molecule has 98 valence electrons. The first kappa shape index (κ1) is 12.0. The number of rotatable bonds is 2. The van der Waals surface area contributed by atoms with Gasteiger partial charge < -0.3 is 5.11 Å². The van der Waals surface area contributed by atoms with Crippen molar-refractivity contribution in [3.63, 3.8) is 0 Å². The Kier molecular flexibility index (Phi) is 3.06. The highest BCUT2D eigenvalue weighted by molar-refractivity contribution is 5.38. The van der Waals surface area contributed by atoms with E-state index < -0.39 is 0 Å². The van der Waals surface area contributed by atoms with Crippen molar-refractivity contribution >= 4 is 0 Å². The molecule has 2 fully saturated rings. The molecule has 1 heterocycles. The van der Waals surface area contributed by atoms with Crippen LogP contribution in [0.5, 0.6) is 5.75 Å². The molecule has 18 heavy (non-hydrogen) atoms. The summed E-state index contributed by atoms with van der Waals surface area (Å²) >= 11 is 0. The largest absolute Gasteiger partial charge is 0.508 e. The lowest BCUT2D eigenvalue weighted by Gasteiger charge is -2.26. The van der Waals surface area contributed by atoms with E-state index in [-0.39, 0.29) is 0 Å². The number of nitrogens with zero attached hydrogens (tertiary/aromatic N) is 1. The Labute approximate surface area is 110 Å². The number of aromatic hydroxyl groups is 1. The van der Waals surface area contributed by atoms with Gasteiger partial charge in [-0.15, -0.1) is 0 Å². The van der Waals surface area contributed by atoms with Crippen LogP contribution in [0.15, 0.2) is 18.2 Å². The third kappa shape index (κ3) is 2.03. The van der Waals surface area contributed by atoms with E-state index in [4.69, 9.17) is 0 Å². The van der Waals surface area contributed by atoms with E-state index in [1.165, 1.54) is 32.4 Å². The van der Waals surface area contributed by atoms with Gasteiger partial charge in [-0.05, 0) is 50.2 Å². The predicted molar refractivity (Wildman–Crippen MR) is 73.7 cm³/mol. The standard InChI is InChI=1S/C16H23NO/c1-11-6-7-15(16(18)8-11)12(2)17-9-13-4-3-5-14(13)10-17/h6-8,12-14,18H,3-5,9-10H2,1-2H3. The SMILES string of the molecule is Cc1ccc(C(C)N2CC3CCCC3C2)c(O)c1. The van der Waals surface area contributed by atoms with Crippen LogP contribution in [0.3, 0.4) is 0 Å². The Balaban J connectivity index is 1.76. The highest BCUT2D eigenvalue weighted by Crippen LogP contribution is 2.41. The first-order valence-electron chi connectivity index (χ1n) is 7.18. The second-order valence-corrected chi connectivity index (χ2v) is 6.14. The Morgan fingerprint density at radius 2 is 1.89 bits per heavy atom. The maximum absolute atomic E-state index is 10.1. The van der Waals surface area contributed by atoms with Crippen LogP contribution in [0.25, 0.3) is 0 Å². The number of fused-ring (bicyclic) bond motifs is 1. The zero-order valence-corrected chi connectivity index (χ0v) is 11.4. The zero-order valence-electron chi connectivity index (χ0n) is 11.4. The lowest BCUT2D eigenvalue weighted by molar-refractivity contribution is 0.238. The van der Waals surface area contributed by atoms with Gasteiger partial charge in [0.25, 0.3) is 0 Å². The van der Waals surface area contributed by atoms with Gasteiger partial charge in [-0.3, -0.25) is 4.90 Å². The Hall–Kier alpha value is -1.02. The fraction of sp³-hybridized carbons (Fsp3) is 0.625. The summed E-state index contributed by atoms with van der Waals surface area (Å²) in [4.78, 5) is 2.55. The number of phenols is 1. The van der Waals surface area contributed by atoms with Crippen molar-refractivity contribution in [2.45, 2.75) is 39.2 Å². The smallest absolute Gasteiger partial charge is 0.120 e. The van der Waals surface area contributed by atoms with Gasteiger partial charge in [0.05, 0.1) is 0 Å². The summed E-state index contributed by atoms with van der Waals surface area (Å²) in [5.41, 5.74) is 2.21. The minimum Gasteiger partial charge on any atom is -0.508 e. The van der Waals surface area contributed by atoms with E-state index in [0.717, 1.165) is 23.0 Å². The number of likely N-dealkylation sites (tertiary alicyclic amines) is 1. The number of hydrogen-bond donors (Lipinski definition) is 1. The van der Waals surface area contributed by atoms with Gasteiger partial charge in [0.2, 0.25) is 0 Å². The molecule has 1 N–H and O–H groups in total. The van der Waals surface area contributed by atoms with E-state index in [0.29, 0.717) is 11.8 Å². The molecule has 1 aromatic rings. The molecule has 0 amide bonds. The maximum atomic E-state index is 10.1. The summed E-state index contributed by atoms with van der Waals surface area (Å²) in [6, 6.07) is 6.41. The van der Waals surface area contributed by atoms with Crippen molar-refractivity contribution < 1.29 is 5.11 Å². The van der Waals surface area contributed by atoms with E-state index in [9.17, 15) is 5.11 Å². The van der Waals surface area contributed by atoms with Crippen molar-refractivity contribution in [2.24, 2.45) is 11.8 Å². The van der Waals surface area contributed by atoms with Crippen LogP contribution in [-0.4, -0.2) is 23.1 Å². The lowest BCUT2D eigenvalue weighted by Crippen LogP contribution is -2.25. The number of hydrogen-bond acceptors (Lipinski definition) is 2. The predicted octanol–water partition coefficient (Wildman–Crippen LogP) is 3.49. The molecule has 2 nitrogen and oxygen atoms in total. The minimum absolute atomic E-state index is 0.344. The van der Waals surface area contributed by atoms with Crippen molar-refractivity contribution in [1.29, 1.82) is 0 Å². The maximum Gasteiger partial charge on any atom is 0.120 e. The third-order valence-corrected chi connectivity index (χ3v) is 4.94. The first-order chi connectivity index (χ1) is 8.65. The third-order valence-electron chi connectivity index (χ3n) is 4.94. The normalized spacial score (nSPS) is 29.4. The van der Waals surface area contributed by atoms with Crippen molar-refractivity contribution in [3.8, 4) is 5.75 Å². The van der Waals surface area contributed by atoms with Crippen LogP contribution in [-0.2, 0) is 0 Å². The van der Waals surface area contributed by atoms with Gasteiger partial charge in [0.15, 0.2) is 0 Å². The summed E-state index contributed by atoms with van der Waals surface area (Å²) in [6.07, 6.45) is 4.24. The van der Waals surface area contributed by atoms with Gasteiger partial charge in [-0.2, -0.15) is 0 Å². The summed E-state index contributed by atoms with van der Waals surface area (Å²) in [6.45, 7) is 6.69. The van der Waals surface area contributed by atoms with Crippen molar-refractivity contribution in [1.82, 2.24) is 4.90 Å². The molecule has 1 saturated heterocycles. The van der Waals surface area contributed by atoms with Crippen LogP contribution in [0.1, 0.15) is 43.4 Å². The van der Waals surface area contributed by atoms with Gasteiger partial charge in [-0.25, -0.2) is 0 Å². The molecule has 0 aromatic heterocycles. The molecule has 3 rings (SSSR count). The Morgan fingerprint density at radius 3 is 2.50 bits per heavy atom. The second-order valence-electron chi connectivity index (χ2n) is 6.14.